The Hall–Kier alpha value is -2.45. The summed E-state index contributed by atoms with van der Waals surface area (Å²) in [4.78, 5) is 9.24. The van der Waals surface area contributed by atoms with E-state index in [0.717, 1.165) is 55.8 Å². The molecule has 5 rings (SSSR count). The molecule has 164 valence electrons. The molecule has 8 nitrogen and oxygen atoms in total. The first-order chi connectivity index (χ1) is 15.2. The number of nitrogens with zero attached hydrogens (tertiary/aromatic N) is 5. The van der Waals surface area contributed by atoms with E-state index < -0.39 is 0 Å². The van der Waals surface area contributed by atoms with Crippen LogP contribution in [0.1, 0.15) is 49.8 Å². The number of aromatic amines is 1. The van der Waals surface area contributed by atoms with Crippen molar-refractivity contribution in [2.24, 2.45) is 13.0 Å². The number of aromatic nitrogens is 6. The van der Waals surface area contributed by atoms with Gasteiger partial charge < -0.3 is 10.6 Å². The van der Waals surface area contributed by atoms with Crippen LogP contribution in [0.25, 0.3) is 11.3 Å². The second kappa shape index (κ2) is 8.96. The summed E-state index contributed by atoms with van der Waals surface area (Å²) in [6.45, 7) is 0.858. The van der Waals surface area contributed by atoms with E-state index in [0.29, 0.717) is 23.1 Å². The van der Waals surface area contributed by atoms with Gasteiger partial charge in [0.15, 0.2) is 0 Å². The van der Waals surface area contributed by atoms with Gasteiger partial charge in [-0.1, -0.05) is 11.6 Å². The summed E-state index contributed by atoms with van der Waals surface area (Å²) in [5.41, 5.74) is 4.20. The van der Waals surface area contributed by atoms with Crippen molar-refractivity contribution >= 4 is 17.5 Å². The average molecular weight is 441 g/mol. The summed E-state index contributed by atoms with van der Waals surface area (Å²) in [6.07, 6.45) is 15.5. The van der Waals surface area contributed by atoms with Crippen molar-refractivity contribution in [3.63, 3.8) is 0 Å². The van der Waals surface area contributed by atoms with Crippen molar-refractivity contribution in [3.05, 3.63) is 41.1 Å². The third-order valence-electron chi connectivity index (χ3n) is 6.45. The lowest BCUT2D eigenvalue weighted by Gasteiger charge is -2.29. The minimum Gasteiger partial charge on any atom is -0.351 e. The monoisotopic (exact) mass is 440 g/mol. The largest absolute Gasteiger partial charge is 0.351 e. The highest BCUT2D eigenvalue weighted by atomic mass is 35.5. The van der Waals surface area contributed by atoms with Gasteiger partial charge in [0.1, 0.15) is 0 Å². The van der Waals surface area contributed by atoms with E-state index in [-0.39, 0.29) is 0 Å². The lowest BCUT2D eigenvalue weighted by molar-refractivity contribution is 0.352. The first-order valence-corrected chi connectivity index (χ1v) is 11.5. The Morgan fingerprint density at radius 3 is 2.65 bits per heavy atom. The van der Waals surface area contributed by atoms with Crippen LogP contribution in [-0.4, -0.2) is 42.0 Å². The fraction of sp³-hybridized carbons (Fsp3) is 0.545. The van der Waals surface area contributed by atoms with Crippen LogP contribution in [0.4, 0.5) is 5.95 Å². The molecule has 2 aliphatic carbocycles. The zero-order valence-electron chi connectivity index (χ0n) is 17.8. The van der Waals surface area contributed by atoms with Gasteiger partial charge in [-0.2, -0.15) is 10.2 Å². The molecule has 0 aromatic carbocycles. The third kappa shape index (κ3) is 4.91. The molecule has 2 aliphatic rings. The molecule has 0 atom stereocenters. The van der Waals surface area contributed by atoms with Crippen molar-refractivity contribution < 1.29 is 0 Å². The van der Waals surface area contributed by atoms with Crippen LogP contribution in [0.2, 0.25) is 5.02 Å². The van der Waals surface area contributed by atoms with Gasteiger partial charge in [0.05, 0.1) is 29.3 Å². The molecule has 0 radical (unpaired) electrons. The maximum Gasteiger partial charge on any atom is 0.223 e. The molecular formula is C22H29ClN8. The van der Waals surface area contributed by atoms with Gasteiger partial charge >= 0.3 is 0 Å². The Morgan fingerprint density at radius 2 is 1.90 bits per heavy atom. The molecule has 3 aromatic heterocycles. The molecule has 31 heavy (non-hydrogen) atoms. The van der Waals surface area contributed by atoms with Gasteiger partial charge in [-0.15, -0.1) is 0 Å². The van der Waals surface area contributed by atoms with Crippen LogP contribution in [-0.2, 0) is 20.0 Å². The number of hydrogen-bond acceptors (Lipinski definition) is 6. The van der Waals surface area contributed by atoms with E-state index in [1.807, 2.05) is 30.3 Å². The Morgan fingerprint density at radius 1 is 1.10 bits per heavy atom. The van der Waals surface area contributed by atoms with E-state index in [2.05, 4.69) is 30.9 Å². The highest BCUT2D eigenvalue weighted by Crippen LogP contribution is 2.37. The minimum absolute atomic E-state index is 0.376. The smallest absolute Gasteiger partial charge is 0.223 e. The number of hydrogen-bond donors (Lipinski definition) is 3. The Kier molecular flexibility index (Phi) is 5.91. The number of aryl methyl sites for hydroxylation is 1. The van der Waals surface area contributed by atoms with E-state index in [9.17, 15) is 0 Å². The Bertz CT molecular complexity index is 1000. The first kappa shape index (κ1) is 20.5. The Balaban J connectivity index is 1.21. The second-order valence-electron chi connectivity index (χ2n) is 8.85. The van der Waals surface area contributed by atoms with E-state index in [1.165, 1.54) is 24.1 Å². The molecule has 3 N–H and O–H groups in total. The molecule has 0 aliphatic heterocycles. The van der Waals surface area contributed by atoms with Gasteiger partial charge in [0.25, 0.3) is 0 Å². The molecule has 0 unspecified atom stereocenters. The van der Waals surface area contributed by atoms with Crippen LogP contribution in [0.15, 0.2) is 24.8 Å². The van der Waals surface area contributed by atoms with Crippen LogP contribution < -0.4 is 10.6 Å². The van der Waals surface area contributed by atoms with E-state index >= 15 is 0 Å². The number of halogens is 1. The van der Waals surface area contributed by atoms with Crippen molar-refractivity contribution in [2.45, 2.75) is 63.6 Å². The molecular weight excluding hydrogens is 412 g/mol. The van der Waals surface area contributed by atoms with Crippen LogP contribution in [0, 0.1) is 5.92 Å². The maximum atomic E-state index is 6.50. The average Bonchev–Trinajstić information content (AvgIpc) is 3.31. The van der Waals surface area contributed by atoms with Crippen molar-refractivity contribution in [3.8, 4) is 11.3 Å². The van der Waals surface area contributed by atoms with Gasteiger partial charge in [0.2, 0.25) is 5.95 Å². The van der Waals surface area contributed by atoms with Gasteiger partial charge in [-0.05, 0) is 50.9 Å². The fourth-order valence-electron chi connectivity index (χ4n) is 4.38. The quantitative estimate of drug-likeness (QED) is 0.494. The lowest BCUT2D eigenvalue weighted by atomic mass is 9.91. The number of nitrogens with one attached hydrogen (secondary N) is 3. The molecule has 3 aromatic rings. The normalized spacial score (nSPS) is 21.4. The lowest BCUT2D eigenvalue weighted by Crippen LogP contribution is -2.36. The van der Waals surface area contributed by atoms with Crippen molar-refractivity contribution in [1.82, 2.24) is 35.3 Å². The molecule has 9 heteroatoms. The van der Waals surface area contributed by atoms with Crippen molar-refractivity contribution in [1.29, 1.82) is 0 Å². The zero-order chi connectivity index (χ0) is 21.2. The third-order valence-corrected chi connectivity index (χ3v) is 6.73. The minimum atomic E-state index is 0.376. The molecule has 2 saturated carbocycles. The molecule has 0 amide bonds. The highest BCUT2D eigenvalue weighted by molar-refractivity contribution is 6.32. The van der Waals surface area contributed by atoms with Gasteiger partial charge in [-0.25, -0.2) is 9.97 Å². The van der Waals surface area contributed by atoms with Crippen LogP contribution in [0.3, 0.4) is 0 Å². The Labute approximate surface area is 187 Å². The van der Waals surface area contributed by atoms with E-state index in [1.54, 1.807) is 6.20 Å². The molecule has 2 fully saturated rings. The number of H-pyrrole nitrogens is 1. The molecule has 0 saturated heterocycles. The van der Waals surface area contributed by atoms with Crippen molar-refractivity contribution in [2.75, 3.05) is 5.32 Å². The number of anilines is 1. The van der Waals surface area contributed by atoms with Crippen LogP contribution in [0.5, 0.6) is 0 Å². The van der Waals surface area contributed by atoms with E-state index in [4.69, 9.17) is 16.6 Å². The first-order valence-electron chi connectivity index (χ1n) is 11.2. The number of rotatable bonds is 8. The predicted molar refractivity (Wildman–Crippen MR) is 121 cm³/mol. The SMILES string of the molecule is Cn1ncc(-c2nc(N[C@H]3CC[C@H](NCc4cn[nH]c4)CC3)ncc2Cl)c1CC1CC1. The maximum absolute atomic E-state index is 6.50. The molecule has 0 spiro atoms. The zero-order valence-corrected chi connectivity index (χ0v) is 18.6. The highest BCUT2D eigenvalue weighted by Gasteiger charge is 2.26. The molecule has 0 bridgehead atoms. The summed E-state index contributed by atoms with van der Waals surface area (Å²) < 4.78 is 1.96. The van der Waals surface area contributed by atoms with Crippen LogP contribution >= 0.6 is 11.6 Å². The summed E-state index contributed by atoms with van der Waals surface area (Å²) >= 11 is 6.50. The fourth-order valence-corrected chi connectivity index (χ4v) is 4.58. The second-order valence-corrected chi connectivity index (χ2v) is 9.25. The molecule has 3 heterocycles. The topological polar surface area (TPSA) is 96.3 Å². The summed E-state index contributed by atoms with van der Waals surface area (Å²) in [5, 5.41) is 19.1. The summed E-state index contributed by atoms with van der Waals surface area (Å²) in [6, 6.07) is 0.913. The summed E-state index contributed by atoms with van der Waals surface area (Å²) in [5.74, 6) is 1.42. The predicted octanol–water partition coefficient (Wildman–Crippen LogP) is 3.72. The summed E-state index contributed by atoms with van der Waals surface area (Å²) in [7, 11) is 1.99. The van der Waals surface area contributed by atoms with Gasteiger partial charge in [0, 0.05) is 48.7 Å². The van der Waals surface area contributed by atoms with Gasteiger partial charge in [-0.3, -0.25) is 9.78 Å². The standard InChI is InChI=1S/C22H29ClN8/c1-31-20(8-14-2-3-14)18(12-28-31)21-19(23)13-25-22(30-21)29-17-6-4-16(5-7-17)24-9-15-10-26-27-11-15/h10-14,16-17,24H,2-9H2,1H3,(H,26,27)(H,25,29,30)/t16-,17-.